The molecule has 0 spiro atoms. The monoisotopic (exact) mass is 285 g/mol. The van der Waals surface area contributed by atoms with Crippen molar-refractivity contribution in [1.29, 1.82) is 0 Å². The summed E-state index contributed by atoms with van der Waals surface area (Å²) in [4.78, 5) is 4.18. The van der Waals surface area contributed by atoms with Crippen LogP contribution in [0.25, 0.3) is 0 Å². The van der Waals surface area contributed by atoms with E-state index < -0.39 is 10.0 Å². The standard InChI is InChI=1S/C12H19N3O3S/c1-9-10(5-6-18-9)7-15-19(16,17)11-3-4-12(13-2)14-8-11/h3-4,8-10,15H,5-7H2,1-2H3,(H,13,14). The van der Waals surface area contributed by atoms with Gasteiger partial charge in [0.2, 0.25) is 10.0 Å². The second-order valence-electron chi connectivity index (χ2n) is 4.61. The van der Waals surface area contributed by atoms with Gasteiger partial charge in [-0.05, 0) is 25.5 Å². The molecule has 1 saturated heterocycles. The van der Waals surface area contributed by atoms with Crippen LogP contribution in [0.3, 0.4) is 0 Å². The zero-order valence-electron chi connectivity index (χ0n) is 11.1. The number of nitrogens with zero attached hydrogens (tertiary/aromatic N) is 1. The van der Waals surface area contributed by atoms with Crippen molar-refractivity contribution in [3.05, 3.63) is 18.3 Å². The van der Waals surface area contributed by atoms with Crippen molar-refractivity contribution in [3.8, 4) is 0 Å². The van der Waals surface area contributed by atoms with Gasteiger partial charge in [0.05, 0.1) is 6.10 Å². The number of sulfonamides is 1. The second kappa shape index (κ2) is 5.85. The first-order chi connectivity index (χ1) is 9.03. The smallest absolute Gasteiger partial charge is 0.242 e. The molecule has 2 unspecified atom stereocenters. The van der Waals surface area contributed by atoms with E-state index in [0.717, 1.165) is 6.42 Å². The molecule has 2 rings (SSSR count). The summed E-state index contributed by atoms with van der Waals surface area (Å²) in [5.74, 6) is 0.871. The third kappa shape index (κ3) is 3.43. The summed E-state index contributed by atoms with van der Waals surface area (Å²) < 4.78 is 32.2. The number of ether oxygens (including phenoxy) is 1. The summed E-state index contributed by atoms with van der Waals surface area (Å²) in [7, 11) is -1.76. The molecule has 7 heteroatoms. The molecule has 1 fully saturated rings. The summed E-state index contributed by atoms with van der Waals surface area (Å²) in [5, 5.41) is 2.85. The van der Waals surface area contributed by atoms with Crippen LogP contribution in [0.4, 0.5) is 5.82 Å². The number of aromatic nitrogens is 1. The fourth-order valence-corrected chi connectivity index (χ4v) is 3.07. The lowest BCUT2D eigenvalue weighted by atomic mass is 10.0. The third-order valence-electron chi connectivity index (χ3n) is 3.37. The SMILES string of the molecule is CNc1ccc(S(=O)(=O)NCC2CCOC2C)cn1. The summed E-state index contributed by atoms with van der Waals surface area (Å²) in [5.41, 5.74) is 0. The van der Waals surface area contributed by atoms with E-state index in [1.807, 2.05) is 6.92 Å². The highest BCUT2D eigenvalue weighted by Gasteiger charge is 2.26. The lowest BCUT2D eigenvalue weighted by molar-refractivity contribution is 0.107. The largest absolute Gasteiger partial charge is 0.378 e. The summed E-state index contributed by atoms with van der Waals surface area (Å²) >= 11 is 0. The van der Waals surface area contributed by atoms with Gasteiger partial charge < -0.3 is 10.1 Å². The van der Waals surface area contributed by atoms with Crippen molar-refractivity contribution in [2.24, 2.45) is 5.92 Å². The van der Waals surface area contributed by atoms with Gasteiger partial charge in [0.15, 0.2) is 0 Å². The Balaban J connectivity index is 2.01. The van der Waals surface area contributed by atoms with E-state index in [0.29, 0.717) is 19.0 Å². The fraction of sp³-hybridized carbons (Fsp3) is 0.583. The maximum Gasteiger partial charge on any atom is 0.242 e. The van der Waals surface area contributed by atoms with E-state index in [1.165, 1.54) is 12.3 Å². The van der Waals surface area contributed by atoms with Gasteiger partial charge >= 0.3 is 0 Å². The van der Waals surface area contributed by atoms with Gasteiger partial charge in [0.25, 0.3) is 0 Å². The van der Waals surface area contributed by atoms with E-state index in [2.05, 4.69) is 15.0 Å². The minimum Gasteiger partial charge on any atom is -0.378 e. The first-order valence-corrected chi connectivity index (χ1v) is 7.76. The highest BCUT2D eigenvalue weighted by atomic mass is 32.2. The van der Waals surface area contributed by atoms with Gasteiger partial charge in [-0.1, -0.05) is 0 Å². The molecule has 0 amide bonds. The molecule has 2 heterocycles. The summed E-state index contributed by atoms with van der Waals surface area (Å²) in [6, 6.07) is 3.17. The number of hydrogen-bond donors (Lipinski definition) is 2. The van der Waals surface area contributed by atoms with Gasteiger partial charge in [0, 0.05) is 32.3 Å². The van der Waals surface area contributed by atoms with Crippen LogP contribution in [-0.4, -0.2) is 39.7 Å². The Hall–Kier alpha value is -1.18. The average molecular weight is 285 g/mol. The maximum absolute atomic E-state index is 12.1. The van der Waals surface area contributed by atoms with E-state index >= 15 is 0 Å². The Labute approximate surface area is 113 Å². The molecule has 0 saturated carbocycles. The Morgan fingerprint density at radius 3 is 2.79 bits per heavy atom. The quantitative estimate of drug-likeness (QED) is 0.837. The number of anilines is 1. The predicted octanol–water partition coefficient (Wildman–Crippen LogP) is 0.827. The molecule has 0 aromatic carbocycles. The van der Waals surface area contributed by atoms with E-state index in [4.69, 9.17) is 4.74 Å². The molecule has 1 aromatic rings. The number of hydrogen-bond acceptors (Lipinski definition) is 5. The van der Waals surface area contributed by atoms with E-state index in [9.17, 15) is 8.42 Å². The van der Waals surface area contributed by atoms with Crippen LogP contribution in [0.15, 0.2) is 23.2 Å². The summed E-state index contributed by atoms with van der Waals surface area (Å²) in [6.45, 7) is 3.07. The van der Waals surface area contributed by atoms with E-state index in [-0.39, 0.29) is 16.9 Å². The van der Waals surface area contributed by atoms with Crippen LogP contribution in [0.5, 0.6) is 0 Å². The van der Waals surface area contributed by atoms with Crippen molar-refractivity contribution in [2.45, 2.75) is 24.3 Å². The molecule has 1 aromatic heterocycles. The normalized spacial score (nSPS) is 23.5. The average Bonchev–Trinajstić information content (AvgIpc) is 2.82. The Kier molecular flexibility index (Phi) is 4.38. The highest BCUT2D eigenvalue weighted by molar-refractivity contribution is 7.89. The van der Waals surface area contributed by atoms with Crippen molar-refractivity contribution in [1.82, 2.24) is 9.71 Å². The van der Waals surface area contributed by atoms with Crippen molar-refractivity contribution < 1.29 is 13.2 Å². The highest BCUT2D eigenvalue weighted by Crippen LogP contribution is 2.20. The van der Waals surface area contributed by atoms with Crippen LogP contribution >= 0.6 is 0 Å². The third-order valence-corrected chi connectivity index (χ3v) is 4.78. The van der Waals surface area contributed by atoms with Gasteiger partial charge in [-0.25, -0.2) is 18.1 Å². The van der Waals surface area contributed by atoms with Gasteiger partial charge in [0.1, 0.15) is 10.7 Å². The molecule has 0 bridgehead atoms. The molecule has 6 nitrogen and oxygen atoms in total. The molecule has 0 aliphatic carbocycles. The maximum atomic E-state index is 12.1. The minimum atomic E-state index is -3.49. The Morgan fingerprint density at radius 1 is 1.47 bits per heavy atom. The van der Waals surface area contributed by atoms with E-state index in [1.54, 1.807) is 13.1 Å². The molecular weight excluding hydrogens is 266 g/mol. The molecule has 1 aliphatic rings. The van der Waals surface area contributed by atoms with Crippen LogP contribution in [0.2, 0.25) is 0 Å². The fourth-order valence-electron chi connectivity index (χ4n) is 2.03. The van der Waals surface area contributed by atoms with Crippen LogP contribution in [-0.2, 0) is 14.8 Å². The lowest BCUT2D eigenvalue weighted by Crippen LogP contribution is -2.32. The molecule has 2 atom stereocenters. The first-order valence-electron chi connectivity index (χ1n) is 6.28. The first kappa shape index (κ1) is 14.2. The zero-order valence-corrected chi connectivity index (χ0v) is 11.9. The van der Waals surface area contributed by atoms with Gasteiger partial charge in [-0.3, -0.25) is 0 Å². The van der Waals surface area contributed by atoms with Crippen molar-refractivity contribution >= 4 is 15.8 Å². The Morgan fingerprint density at radius 2 is 2.26 bits per heavy atom. The minimum absolute atomic E-state index is 0.104. The number of rotatable bonds is 5. The lowest BCUT2D eigenvalue weighted by Gasteiger charge is -2.14. The summed E-state index contributed by atoms with van der Waals surface area (Å²) in [6.07, 6.45) is 2.34. The molecule has 19 heavy (non-hydrogen) atoms. The van der Waals surface area contributed by atoms with Crippen LogP contribution in [0, 0.1) is 5.92 Å². The number of nitrogens with one attached hydrogen (secondary N) is 2. The van der Waals surface area contributed by atoms with Crippen molar-refractivity contribution in [3.63, 3.8) is 0 Å². The predicted molar refractivity (Wildman–Crippen MR) is 72.5 cm³/mol. The zero-order chi connectivity index (χ0) is 13.9. The molecule has 2 N–H and O–H groups in total. The molecule has 1 aliphatic heterocycles. The van der Waals surface area contributed by atoms with Crippen LogP contribution in [0.1, 0.15) is 13.3 Å². The molecule has 106 valence electrons. The van der Waals surface area contributed by atoms with Crippen molar-refractivity contribution in [2.75, 3.05) is 25.5 Å². The van der Waals surface area contributed by atoms with Gasteiger partial charge in [-0.2, -0.15) is 0 Å². The number of pyridine rings is 1. The Bertz CT molecular complexity index is 516. The molecular formula is C12H19N3O3S. The van der Waals surface area contributed by atoms with Gasteiger partial charge in [-0.15, -0.1) is 0 Å². The molecule has 0 radical (unpaired) electrons. The second-order valence-corrected chi connectivity index (χ2v) is 6.37. The van der Waals surface area contributed by atoms with Crippen LogP contribution < -0.4 is 10.0 Å². The topological polar surface area (TPSA) is 80.3 Å².